The maximum Gasteiger partial charge on any atom is 0.271 e. The van der Waals surface area contributed by atoms with Gasteiger partial charge in [-0.3, -0.25) is 4.79 Å². The van der Waals surface area contributed by atoms with Crippen LogP contribution in [-0.4, -0.2) is 39.7 Å². The Kier molecular flexibility index (Phi) is 4.76. The number of anilines is 1. The number of nitrogens with zero attached hydrogens (tertiary/aromatic N) is 5. The molecule has 3 heterocycles. The summed E-state index contributed by atoms with van der Waals surface area (Å²) in [6, 6.07) is 8.22. The summed E-state index contributed by atoms with van der Waals surface area (Å²) in [5, 5.41) is 16.9. The molecular formula is C20H19FN6O2. The minimum atomic E-state index is -0.600. The van der Waals surface area contributed by atoms with E-state index in [0.717, 1.165) is 0 Å². The van der Waals surface area contributed by atoms with Gasteiger partial charge >= 0.3 is 0 Å². The molecular weight excluding hydrogens is 375 g/mol. The molecule has 9 heteroatoms. The standard InChI is InChI=1S/C20H19FN6O2/c1-3-26-11-14-13(8-22)15(21)4-5-17(14)29-12(2)9-24-20(28)16-10-23-18-6-7-19(26)25-27(16)18/h4-7,10,12H,3,9,11H2,1-2H3,(H,24,28)/t12-/m0/s1. The lowest BCUT2D eigenvalue weighted by Gasteiger charge is -2.25. The molecule has 148 valence electrons. The summed E-state index contributed by atoms with van der Waals surface area (Å²) in [5.74, 6) is 0.0524. The van der Waals surface area contributed by atoms with Gasteiger partial charge in [-0.25, -0.2) is 13.9 Å². The smallest absolute Gasteiger partial charge is 0.271 e. The molecule has 1 amide bonds. The van der Waals surface area contributed by atoms with Crippen LogP contribution in [0.25, 0.3) is 5.65 Å². The number of rotatable bonds is 1. The Labute approximate surface area is 166 Å². The number of nitriles is 1. The quantitative estimate of drug-likeness (QED) is 0.680. The van der Waals surface area contributed by atoms with Crippen molar-refractivity contribution in [3.63, 3.8) is 0 Å². The molecule has 0 fully saturated rings. The minimum Gasteiger partial charge on any atom is -0.488 e. The van der Waals surface area contributed by atoms with E-state index < -0.39 is 11.9 Å². The highest BCUT2D eigenvalue weighted by Crippen LogP contribution is 2.29. The SMILES string of the molecule is CCN1Cc2c(ccc(F)c2C#N)O[C@@H](C)CNC(=O)c2cnc3ccc1nn23. The molecule has 0 saturated carbocycles. The predicted octanol–water partition coefficient (Wildman–Crippen LogP) is 2.28. The Hall–Kier alpha value is -3.67. The molecule has 29 heavy (non-hydrogen) atoms. The lowest BCUT2D eigenvalue weighted by Crippen LogP contribution is -2.34. The second-order valence-corrected chi connectivity index (χ2v) is 6.77. The number of aromatic nitrogens is 3. The number of amides is 1. The molecule has 4 rings (SSSR count). The second-order valence-electron chi connectivity index (χ2n) is 6.77. The summed E-state index contributed by atoms with van der Waals surface area (Å²) < 4.78 is 21.8. The maximum absolute atomic E-state index is 14.3. The molecule has 1 aliphatic heterocycles. The first-order valence-corrected chi connectivity index (χ1v) is 9.28. The van der Waals surface area contributed by atoms with Crippen LogP contribution < -0.4 is 15.0 Å². The summed E-state index contributed by atoms with van der Waals surface area (Å²) in [6.07, 6.45) is 1.07. The van der Waals surface area contributed by atoms with E-state index >= 15 is 0 Å². The zero-order chi connectivity index (χ0) is 20.5. The van der Waals surface area contributed by atoms with Crippen molar-refractivity contribution < 1.29 is 13.9 Å². The van der Waals surface area contributed by atoms with Crippen LogP contribution in [-0.2, 0) is 6.54 Å². The van der Waals surface area contributed by atoms with Gasteiger partial charge in [0, 0.05) is 18.7 Å². The van der Waals surface area contributed by atoms with Crippen molar-refractivity contribution in [1.82, 2.24) is 19.9 Å². The lowest BCUT2D eigenvalue weighted by atomic mass is 10.1. The largest absolute Gasteiger partial charge is 0.488 e. The van der Waals surface area contributed by atoms with Crippen LogP contribution in [0.4, 0.5) is 10.2 Å². The molecule has 0 aliphatic carbocycles. The number of hydrogen-bond acceptors (Lipinski definition) is 6. The summed E-state index contributed by atoms with van der Waals surface area (Å²) in [6.45, 7) is 4.72. The number of hydrogen-bond donors (Lipinski definition) is 1. The topological polar surface area (TPSA) is 95.6 Å². The Bertz CT molecular complexity index is 1140. The number of fused-ring (bicyclic) bond motifs is 2. The number of carbonyl (C=O) groups is 1. The van der Waals surface area contributed by atoms with Crippen molar-refractivity contribution in [3.05, 3.63) is 53.1 Å². The summed E-state index contributed by atoms with van der Waals surface area (Å²) >= 11 is 0. The van der Waals surface area contributed by atoms with Crippen LogP contribution in [0.5, 0.6) is 5.75 Å². The zero-order valence-corrected chi connectivity index (χ0v) is 16.0. The summed E-state index contributed by atoms with van der Waals surface area (Å²) in [5.41, 5.74) is 1.24. The predicted molar refractivity (Wildman–Crippen MR) is 103 cm³/mol. The van der Waals surface area contributed by atoms with Gasteiger partial charge < -0.3 is 15.0 Å². The summed E-state index contributed by atoms with van der Waals surface area (Å²) in [7, 11) is 0. The molecule has 2 aromatic heterocycles. The molecule has 1 aliphatic rings. The number of benzene rings is 1. The highest BCUT2D eigenvalue weighted by molar-refractivity contribution is 5.93. The van der Waals surface area contributed by atoms with Crippen LogP contribution in [0.15, 0.2) is 30.5 Å². The third-order valence-electron chi connectivity index (χ3n) is 4.84. The average molecular weight is 394 g/mol. The molecule has 3 aromatic rings. The van der Waals surface area contributed by atoms with Crippen LogP contribution in [0.1, 0.15) is 35.5 Å². The number of carbonyl (C=O) groups excluding carboxylic acids is 1. The molecule has 1 aromatic carbocycles. The average Bonchev–Trinajstić information content (AvgIpc) is 3.14. The minimum absolute atomic E-state index is 0.0588. The Morgan fingerprint density at radius 2 is 2.21 bits per heavy atom. The first kappa shape index (κ1) is 18.7. The van der Waals surface area contributed by atoms with Gasteiger partial charge in [0.1, 0.15) is 29.6 Å². The van der Waals surface area contributed by atoms with E-state index in [9.17, 15) is 14.4 Å². The van der Waals surface area contributed by atoms with Gasteiger partial charge in [-0.2, -0.15) is 5.26 Å². The van der Waals surface area contributed by atoms with Gasteiger partial charge in [0.15, 0.2) is 11.3 Å². The van der Waals surface area contributed by atoms with Gasteiger partial charge in [-0.1, -0.05) is 0 Å². The van der Waals surface area contributed by atoms with Crippen LogP contribution in [0, 0.1) is 17.1 Å². The van der Waals surface area contributed by atoms with Crippen molar-refractivity contribution in [2.24, 2.45) is 0 Å². The first-order valence-electron chi connectivity index (χ1n) is 9.28. The number of halogens is 1. The molecule has 2 bridgehead atoms. The van der Waals surface area contributed by atoms with E-state index in [1.54, 1.807) is 19.1 Å². The number of ether oxygens (including phenoxy) is 1. The molecule has 1 N–H and O–H groups in total. The van der Waals surface area contributed by atoms with Gasteiger partial charge in [-0.05, 0) is 38.1 Å². The van der Waals surface area contributed by atoms with Crippen molar-refractivity contribution in [3.8, 4) is 11.8 Å². The van der Waals surface area contributed by atoms with E-state index in [4.69, 9.17) is 4.74 Å². The van der Waals surface area contributed by atoms with E-state index in [2.05, 4.69) is 15.4 Å². The normalized spacial score (nSPS) is 16.8. The highest BCUT2D eigenvalue weighted by Gasteiger charge is 2.22. The first-order chi connectivity index (χ1) is 14.0. The third kappa shape index (κ3) is 3.33. The molecule has 8 nitrogen and oxygen atoms in total. The third-order valence-corrected chi connectivity index (χ3v) is 4.84. The Morgan fingerprint density at radius 1 is 1.38 bits per heavy atom. The number of imidazole rings is 1. The molecule has 0 spiro atoms. The van der Waals surface area contributed by atoms with Crippen molar-refractivity contribution in [2.75, 3.05) is 18.0 Å². The highest BCUT2D eigenvalue weighted by atomic mass is 19.1. The fraction of sp³-hybridized carbons (Fsp3) is 0.300. The summed E-state index contributed by atoms with van der Waals surface area (Å²) in [4.78, 5) is 18.7. The monoisotopic (exact) mass is 394 g/mol. The van der Waals surface area contributed by atoms with Gasteiger partial charge in [0.2, 0.25) is 0 Å². The molecule has 0 saturated heterocycles. The Morgan fingerprint density at radius 3 is 2.97 bits per heavy atom. The fourth-order valence-corrected chi connectivity index (χ4v) is 3.31. The van der Waals surface area contributed by atoms with Crippen molar-refractivity contribution in [2.45, 2.75) is 26.5 Å². The van der Waals surface area contributed by atoms with E-state index in [1.165, 1.54) is 22.8 Å². The second kappa shape index (κ2) is 7.39. The van der Waals surface area contributed by atoms with Crippen molar-refractivity contribution in [1.29, 1.82) is 5.26 Å². The van der Waals surface area contributed by atoms with Crippen molar-refractivity contribution >= 4 is 17.4 Å². The van der Waals surface area contributed by atoms with Crippen LogP contribution in [0.3, 0.4) is 0 Å². The van der Waals surface area contributed by atoms with E-state index in [-0.39, 0.29) is 24.6 Å². The van der Waals surface area contributed by atoms with E-state index in [0.29, 0.717) is 35.0 Å². The van der Waals surface area contributed by atoms with Gasteiger partial charge in [0.25, 0.3) is 5.91 Å². The van der Waals surface area contributed by atoms with Gasteiger partial charge in [-0.15, -0.1) is 5.10 Å². The lowest BCUT2D eigenvalue weighted by molar-refractivity contribution is 0.0925. The molecule has 1 atom stereocenters. The maximum atomic E-state index is 14.3. The van der Waals surface area contributed by atoms with E-state index in [1.807, 2.05) is 17.9 Å². The van der Waals surface area contributed by atoms with Crippen LogP contribution >= 0.6 is 0 Å². The number of nitrogens with one attached hydrogen (secondary N) is 1. The van der Waals surface area contributed by atoms with Gasteiger partial charge in [0.05, 0.1) is 18.3 Å². The molecule has 0 unspecified atom stereocenters. The molecule has 0 radical (unpaired) electrons. The van der Waals surface area contributed by atoms with Crippen LogP contribution in [0.2, 0.25) is 0 Å². The fourth-order valence-electron chi connectivity index (χ4n) is 3.31. The zero-order valence-electron chi connectivity index (χ0n) is 16.0. The Balaban J connectivity index is 1.90.